The Kier molecular flexibility index (Phi) is 9.86. The Morgan fingerprint density at radius 2 is 1.67 bits per heavy atom. The largest absolute Gasteiger partial charge is 0.377 e. The average molecular weight is 421 g/mol. The molecule has 0 aliphatic rings. The Bertz CT molecular complexity index is 769. The molecule has 2 aromatic rings. The summed E-state index contributed by atoms with van der Waals surface area (Å²) in [4.78, 5) is 14.3. The Morgan fingerprint density at radius 1 is 1.07 bits per heavy atom. The van der Waals surface area contributed by atoms with Crippen molar-refractivity contribution in [3.63, 3.8) is 0 Å². The number of carbonyl (C=O) groups is 1. The summed E-state index contributed by atoms with van der Waals surface area (Å²) >= 11 is 0. The molecule has 2 atom stereocenters. The highest BCUT2D eigenvalue weighted by molar-refractivity contribution is 5.77. The number of amides is 1. The van der Waals surface area contributed by atoms with Crippen LogP contribution in [0.2, 0.25) is 0 Å². The summed E-state index contributed by atoms with van der Waals surface area (Å²) in [5.74, 6) is -1.45. The van der Waals surface area contributed by atoms with Gasteiger partial charge in [-0.1, -0.05) is 30.7 Å². The minimum absolute atomic E-state index is 0.246. The maximum absolute atomic E-state index is 13.2. The quantitative estimate of drug-likeness (QED) is 0.302. The maximum atomic E-state index is 13.2. The second kappa shape index (κ2) is 12.4. The molecule has 30 heavy (non-hydrogen) atoms. The molecule has 0 heterocycles. The van der Waals surface area contributed by atoms with E-state index in [1.807, 2.05) is 7.05 Å². The van der Waals surface area contributed by atoms with Gasteiger partial charge in [-0.05, 0) is 68.2 Å². The third-order valence-electron chi connectivity index (χ3n) is 5.21. The Morgan fingerprint density at radius 3 is 2.23 bits per heavy atom. The molecule has 5 nitrogen and oxygen atoms in total. The van der Waals surface area contributed by atoms with Crippen molar-refractivity contribution in [3.8, 4) is 0 Å². The van der Waals surface area contributed by atoms with Crippen LogP contribution in [0.4, 0.5) is 8.78 Å². The SMILES string of the molecule is CO[C@H](C[C@H](CCCCN(C)Cc1ccc(F)cc1)C(=O)NO)c1ccc(F)cc1. The molecule has 0 aliphatic carbocycles. The van der Waals surface area contributed by atoms with Crippen molar-refractivity contribution < 1.29 is 23.5 Å². The molecule has 1 amide bonds. The van der Waals surface area contributed by atoms with Crippen molar-refractivity contribution >= 4 is 5.91 Å². The van der Waals surface area contributed by atoms with Gasteiger partial charge in [-0.15, -0.1) is 0 Å². The molecule has 0 fully saturated rings. The predicted octanol–water partition coefficient (Wildman–Crippen LogP) is 4.47. The first-order valence-electron chi connectivity index (χ1n) is 10.1. The van der Waals surface area contributed by atoms with E-state index >= 15 is 0 Å². The fourth-order valence-electron chi connectivity index (χ4n) is 3.50. The van der Waals surface area contributed by atoms with E-state index in [9.17, 15) is 13.6 Å². The molecule has 0 saturated carbocycles. The molecule has 0 spiro atoms. The van der Waals surface area contributed by atoms with Crippen LogP contribution in [0.25, 0.3) is 0 Å². The van der Waals surface area contributed by atoms with Crippen molar-refractivity contribution in [1.29, 1.82) is 0 Å². The summed E-state index contributed by atoms with van der Waals surface area (Å²) in [5, 5.41) is 9.10. The van der Waals surface area contributed by atoms with E-state index in [0.29, 0.717) is 12.8 Å². The molecular weight excluding hydrogens is 390 g/mol. The van der Waals surface area contributed by atoms with Gasteiger partial charge < -0.3 is 9.64 Å². The third kappa shape index (κ3) is 7.82. The van der Waals surface area contributed by atoms with Gasteiger partial charge in [0, 0.05) is 19.6 Å². The number of halogens is 2. The fraction of sp³-hybridized carbons (Fsp3) is 0.435. The van der Waals surface area contributed by atoms with Gasteiger partial charge in [0.05, 0.1) is 6.10 Å². The molecule has 164 valence electrons. The lowest BCUT2D eigenvalue weighted by atomic mass is 9.91. The third-order valence-corrected chi connectivity index (χ3v) is 5.21. The summed E-state index contributed by atoms with van der Waals surface area (Å²) in [6, 6.07) is 12.5. The molecule has 0 aromatic heterocycles. The summed E-state index contributed by atoms with van der Waals surface area (Å²) in [5.41, 5.74) is 3.57. The van der Waals surface area contributed by atoms with Gasteiger partial charge in [-0.3, -0.25) is 10.0 Å². The first kappa shape index (κ1) is 23.9. The monoisotopic (exact) mass is 420 g/mol. The van der Waals surface area contributed by atoms with Crippen LogP contribution in [0, 0.1) is 17.6 Å². The predicted molar refractivity (Wildman–Crippen MR) is 111 cm³/mol. The zero-order valence-electron chi connectivity index (χ0n) is 17.5. The lowest BCUT2D eigenvalue weighted by Gasteiger charge is -2.22. The molecule has 0 aliphatic heterocycles. The van der Waals surface area contributed by atoms with Gasteiger partial charge in [0.2, 0.25) is 5.91 Å². The van der Waals surface area contributed by atoms with Crippen LogP contribution >= 0.6 is 0 Å². The molecule has 0 unspecified atom stereocenters. The second-order valence-electron chi connectivity index (χ2n) is 7.54. The first-order valence-corrected chi connectivity index (χ1v) is 10.1. The number of hydroxylamine groups is 1. The number of ether oxygens (including phenoxy) is 1. The molecule has 2 rings (SSSR count). The van der Waals surface area contributed by atoms with Crippen LogP contribution in [0.3, 0.4) is 0 Å². The topological polar surface area (TPSA) is 61.8 Å². The van der Waals surface area contributed by atoms with Crippen molar-refractivity contribution in [2.45, 2.75) is 38.3 Å². The lowest BCUT2D eigenvalue weighted by molar-refractivity contribution is -0.135. The number of hydrogen-bond donors (Lipinski definition) is 2. The lowest BCUT2D eigenvalue weighted by Crippen LogP contribution is -2.29. The number of unbranched alkanes of at least 4 members (excludes halogenated alkanes) is 1. The number of methoxy groups -OCH3 is 1. The normalized spacial score (nSPS) is 13.3. The van der Waals surface area contributed by atoms with E-state index in [1.54, 1.807) is 36.9 Å². The van der Waals surface area contributed by atoms with E-state index in [0.717, 1.165) is 37.1 Å². The van der Waals surface area contributed by atoms with Crippen molar-refractivity contribution in [2.24, 2.45) is 5.92 Å². The summed E-state index contributed by atoms with van der Waals surface area (Å²) in [6.07, 6.45) is 2.29. The number of nitrogens with one attached hydrogen (secondary N) is 1. The molecule has 2 N–H and O–H groups in total. The van der Waals surface area contributed by atoms with Crippen molar-refractivity contribution in [2.75, 3.05) is 20.7 Å². The van der Waals surface area contributed by atoms with Crippen LogP contribution in [-0.4, -0.2) is 36.7 Å². The maximum Gasteiger partial charge on any atom is 0.246 e. The minimum Gasteiger partial charge on any atom is -0.377 e. The number of carbonyl (C=O) groups excluding carboxylic acids is 1. The summed E-state index contributed by atoms with van der Waals surface area (Å²) in [6.45, 7) is 1.55. The fourth-order valence-corrected chi connectivity index (χ4v) is 3.50. The van der Waals surface area contributed by atoms with Gasteiger partial charge in [0.1, 0.15) is 11.6 Å². The second-order valence-corrected chi connectivity index (χ2v) is 7.54. The Hall–Kier alpha value is -2.35. The van der Waals surface area contributed by atoms with E-state index in [1.165, 1.54) is 24.3 Å². The standard InChI is InChI=1S/C23H30F2N2O3/c1-27(16-17-6-10-20(24)11-7-17)14-4-3-5-19(23(28)26-29)15-22(30-2)18-8-12-21(25)13-9-18/h6-13,19,22,29H,3-5,14-16H2,1-2H3,(H,26,28)/t19-,22+/m0/s1. The van der Waals surface area contributed by atoms with Gasteiger partial charge in [-0.2, -0.15) is 0 Å². The Balaban J connectivity index is 1.83. The van der Waals surface area contributed by atoms with Gasteiger partial charge >= 0.3 is 0 Å². The number of rotatable bonds is 12. The van der Waals surface area contributed by atoms with E-state index < -0.39 is 11.8 Å². The molecule has 0 radical (unpaired) electrons. The Labute approximate surface area is 176 Å². The highest BCUT2D eigenvalue weighted by Crippen LogP contribution is 2.28. The van der Waals surface area contributed by atoms with E-state index in [4.69, 9.17) is 9.94 Å². The average Bonchev–Trinajstić information content (AvgIpc) is 2.75. The van der Waals surface area contributed by atoms with Gasteiger partial charge in [-0.25, -0.2) is 14.3 Å². The van der Waals surface area contributed by atoms with Gasteiger partial charge in [0.15, 0.2) is 0 Å². The number of hydrogen-bond acceptors (Lipinski definition) is 4. The van der Waals surface area contributed by atoms with Crippen molar-refractivity contribution in [1.82, 2.24) is 10.4 Å². The highest BCUT2D eigenvalue weighted by atomic mass is 19.1. The van der Waals surface area contributed by atoms with Crippen LogP contribution in [0.15, 0.2) is 48.5 Å². The zero-order chi connectivity index (χ0) is 21.9. The molecular formula is C23H30F2N2O3. The summed E-state index contributed by atoms with van der Waals surface area (Å²) < 4.78 is 31.7. The smallest absolute Gasteiger partial charge is 0.246 e. The summed E-state index contributed by atoms with van der Waals surface area (Å²) in [7, 11) is 3.54. The van der Waals surface area contributed by atoms with Crippen LogP contribution in [0.1, 0.15) is 42.9 Å². The van der Waals surface area contributed by atoms with E-state index in [-0.39, 0.29) is 17.7 Å². The van der Waals surface area contributed by atoms with Crippen LogP contribution < -0.4 is 5.48 Å². The number of nitrogens with zero attached hydrogens (tertiary/aromatic N) is 1. The van der Waals surface area contributed by atoms with Gasteiger partial charge in [0.25, 0.3) is 0 Å². The van der Waals surface area contributed by atoms with Crippen LogP contribution in [0.5, 0.6) is 0 Å². The highest BCUT2D eigenvalue weighted by Gasteiger charge is 2.23. The zero-order valence-corrected chi connectivity index (χ0v) is 17.5. The van der Waals surface area contributed by atoms with Crippen molar-refractivity contribution in [3.05, 3.63) is 71.3 Å². The molecule has 2 aromatic carbocycles. The first-order chi connectivity index (χ1) is 14.4. The van der Waals surface area contributed by atoms with Crippen LogP contribution in [-0.2, 0) is 16.1 Å². The van der Waals surface area contributed by atoms with E-state index in [2.05, 4.69) is 4.90 Å². The molecule has 0 saturated heterocycles. The minimum atomic E-state index is -0.446. The number of benzene rings is 2. The molecule has 7 heteroatoms. The molecule has 0 bridgehead atoms.